The summed E-state index contributed by atoms with van der Waals surface area (Å²) in [6.07, 6.45) is 2.10. The van der Waals surface area contributed by atoms with Crippen molar-refractivity contribution in [1.82, 2.24) is 24.9 Å². The fourth-order valence-corrected chi connectivity index (χ4v) is 3.72. The zero-order chi connectivity index (χ0) is 22.2. The molecule has 0 saturated carbocycles. The van der Waals surface area contributed by atoms with Gasteiger partial charge in [0.25, 0.3) is 0 Å². The molecule has 0 atom stereocenters. The number of hydrogen-bond donors (Lipinski definition) is 2. The standard InChI is InChI=1S/C23H32N6O2/c1-4-11-24-22(31)17-28-15-13-27(14-16-28)12-10-21(30)25-23-18(2)26-29(19(23)3)20-8-6-5-7-9-20/h4-9H,1,10-17H2,2-3H3,(H,24,31)(H,25,30). The second kappa shape index (κ2) is 10.9. The summed E-state index contributed by atoms with van der Waals surface area (Å²) < 4.78 is 1.86. The first-order valence-corrected chi connectivity index (χ1v) is 10.7. The highest BCUT2D eigenvalue weighted by Crippen LogP contribution is 2.22. The van der Waals surface area contributed by atoms with Crippen LogP contribution in [0.5, 0.6) is 0 Å². The van der Waals surface area contributed by atoms with Gasteiger partial charge in [0.1, 0.15) is 0 Å². The molecule has 31 heavy (non-hydrogen) atoms. The zero-order valence-corrected chi connectivity index (χ0v) is 18.4. The summed E-state index contributed by atoms with van der Waals surface area (Å²) in [6, 6.07) is 9.89. The van der Waals surface area contributed by atoms with E-state index >= 15 is 0 Å². The number of nitrogens with one attached hydrogen (secondary N) is 2. The van der Waals surface area contributed by atoms with Gasteiger partial charge in [0.2, 0.25) is 11.8 Å². The molecule has 0 aliphatic carbocycles. The molecule has 3 rings (SSSR count). The molecule has 2 heterocycles. The molecule has 1 aliphatic rings. The molecular formula is C23H32N6O2. The summed E-state index contributed by atoms with van der Waals surface area (Å²) in [4.78, 5) is 28.8. The summed E-state index contributed by atoms with van der Waals surface area (Å²) >= 11 is 0. The van der Waals surface area contributed by atoms with Crippen LogP contribution in [0.15, 0.2) is 43.0 Å². The largest absolute Gasteiger partial charge is 0.352 e. The summed E-state index contributed by atoms with van der Waals surface area (Å²) in [5, 5.41) is 10.4. The maximum atomic E-state index is 12.6. The minimum absolute atomic E-state index is 0.00922. The van der Waals surface area contributed by atoms with Gasteiger partial charge >= 0.3 is 0 Å². The van der Waals surface area contributed by atoms with E-state index in [2.05, 4.69) is 32.1 Å². The van der Waals surface area contributed by atoms with E-state index < -0.39 is 0 Å². The SMILES string of the molecule is C=CCNC(=O)CN1CCN(CCC(=O)Nc2c(C)nn(-c3ccccc3)c2C)CC1. The molecule has 166 valence electrons. The zero-order valence-electron chi connectivity index (χ0n) is 18.4. The summed E-state index contributed by atoms with van der Waals surface area (Å²) in [5.41, 5.74) is 3.47. The molecular weight excluding hydrogens is 392 g/mol. The van der Waals surface area contributed by atoms with Crippen LogP contribution >= 0.6 is 0 Å². The lowest BCUT2D eigenvalue weighted by molar-refractivity contribution is -0.122. The van der Waals surface area contributed by atoms with Crippen molar-refractivity contribution in [2.45, 2.75) is 20.3 Å². The second-order valence-electron chi connectivity index (χ2n) is 7.80. The molecule has 1 fully saturated rings. The van der Waals surface area contributed by atoms with E-state index in [9.17, 15) is 9.59 Å². The van der Waals surface area contributed by atoms with Gasteiger partial charge in [0.15, 0.2) is 0 Å². The molecule has 0 spiro atoms. The number of amides is 2. The minimum atomic E-state index is -0.00922. The second-order valence-corrected chi connectivity index (χ2v) is 7.80. The van der Waals surface area contributed by atoms with E-state index in [4.69, 9.17) is 0 Å². The molecule has 8 heteroatoms. The molecule has 8 nitrogen and oxygen atoms in total. The number of nitrogens with zero attached hydrogens (tertiary/aromatic N) is 4. The molecule has 2 amide bonds. The topological polar surface area (TPSA) is 82.5 Å². The lowest BCUT2D eigenvalue weighted by Crippen LogP contribution is -2.49. The Labute approximate surface area is 183 Å². The Hall–Kier alpha value is -2.97. The van der Waals surface area contributed by atoms with Crippen molar-refractivity contribution in [2.24, 2.45) is 0 Å². The van der Waals surface area contributed by atoms with E-state index in [1.807, 2.05) is 48.9 Å². The average molecular weight is 425 g/mol. The van der Waals surface area contributed by atoms with E-state index in [0.717, 1.165) is 48.9 Å². The lowest BCUT2D eigenvalue weighted by atomic mass is 10.2. The number of anilines is 1. The Morgan fingerprint density at radius 3 is 2.42 bits per heavy atom. The third-order valence-corrected chi connectivity index (χ3v) is 5.49. The fourth-order valence-electron chi connectivity index (χ4n) is 3.72. The maximum absolute atomic E-state index is 12.6. The van der Waals surface area contributed by atoms with Crippen molar-refractivity contribution >= 4 is 17.5 Å². The van der Waals surface area contributed by atoms with Crippen LogP contribution in [0, 0.1) is 13.8 Å². The van der Waals surface area contributed by atoms with Crippen LogP contribution in [-0.2, 0) is 9.59 Å². The number of aromatic nitrogens is 2. The Morgan fingerprint density at radius 1 is 1.06 bits per heavy atom. The van der Waals surface area contributed by atoms with Gasteiger partial charge in [-0.3, -0.25) is 14.5 Å². The molecule has 0 radical (unpaired) electrons. The van der Waals surface area contributed by atoms with Gasteiger partial charge in [-0.15, -0.1) is 6.58 Å². The van der Waals surface area contributed by atoms with Crippen LogP contribution in [0.25, 0.3) is 5.69 Å². The number of hydrogen-bond acceptors (Lipinski definition) is 5. The molecule has 2 aromatic rings. The normalized spacial score (nSPS) is 14.9. The third kappa shape index (κ3) is 6.26. The van der Waals surface area contributed by atoms with Crippen molar-refractivity contribution in [2.75, 3.05) is 51.1 Å². The van der Waals surface area contributed by atoms with E-state index in [-0.39, 0.29) is 11.8 Å². The van der Waals surface area contributed by atoms with Crippen molar-refractivity contribution < 1.29 is 9.59 Å². The molecule has 0 bridgehead atoms. The molecule has 1 saturated heterocycles. The van der Waals surface area contributed by atoms with Gasteiger partial charge in [-0.2, -0.15) is 5.10 Å². The van der Waals surface area contributed by atoms with Gasteiger partial charge in [-0.25, -0.2) is 4.68 Å². The highest BCUT2D eigenvalue weighted by Gasteiger charge is 2.20. The first-order valence-electron chi connectivity index (χ1n) is 10.7. The maximum Gasteiger partial charge on any atom is 0.234 e. The van der Waals surface area contributed by atoms with Gasteiger partial charge in [-0.1, -0.05) is 24.3 Å². The van der Waals surface area contributed by atoms with Crippen molar-refractivity contribution in [3.8, 4) is 5.69 Å². The Bertz CT molecular complexity index is 900. The van der Waals surface area contributed by atoms with Gasteiger partial charge in [0.05, 0.1) is 29.3 Å². The minimum Gasteiger partial charge on any atom is -0.352 e. The smallest absolute Gasteiger partial charge is 0.234 e. The molecule has 1 aromatic carbocycles. The number of piperazine rings is 1. The average Bonchev–Trinajstić information content (AvgIpc) is 3.06. The lowest BCUT2D eigenvalue weighted by Gasteiger charge is -2.34. The Morgan fingerprint density at radius 2 is 1.74 bits per heavy atom. The number of aryl methyl sites for hydroxylation is 1. The van der Waals surface area contributed by atoms with Crippen LogP contribution in [0.4, 0.5) is 5.69 Å². The fraction of sp³-hybridized carbons (Fsp3) is 0.435. The van der Waals surface area contributed by atoms with Gasteiger partial charge in [0, 0.05) is 45.7 Å². The summed E-state index contributed by atoms with van der Waals surface area (Å²) in [5.74, 6) is 0.0135. The van der Waals surface area contributed by atoms with Gasteiger partial charge in [-0.05, 0) is 26.0 Å². The molecule has 1 aliphatic heterocycles. The Balaban J connectivity index is 1.45. The Kier molecular flexibility index (Phi) is 7.97. The molecule has 0 unspecified atom stereocenters. The first-order chi connectivity index (χ1) is 15.0. The van der Waals surface area contributed by atoms with Gasteiger partial charge < -0.3 is 15.5 Å². The highest BCUT2D eigenvalue weighted by atomic mass is 16.2. The monoisotopic (exact) mass is 424 g/mol. The number of benzene rings is 1. The van der Waals surface area contributed by atoms with Crippen LogP contribution in [0.2, 0.25) is 0 Å². The number of para-hydroxylation sites is 1. The number of rotatable bonds is 9. The molecule has 2 N–H and O–H groups in total. The first kappa shape index (κ1) is 22.7. The van der Waals surface area contributed by atoms with Crippen LogP contribution < -0.4 is 10.6 Å². The van der Waals surface area contributed by atoms with E-state index in [1.54, 1.807) is 6.08 Å². The highest BCUT2D eigenvalue weighted by molar-refractivity contribution is 5.92. The summed E-state index contributed by atoms with van der Waals surface area (Å²) in [6.45, 7) is 12.4. The number of carbonyl (C=O) groups excluding carboxylic acids is 2. The predicted octanol–water partition coefficient (Wildman–Crippen LogP) is 1.74. The van der Waals surface area contributed by atoms with Crippen molar-refractivity contribution in [3.63, 3.8) is 0 Å². The van der Waals surface area contributed by atoms with Crippen LogP contribution in [0.3, 0.4) is 0 Å². The van der Waals surface area contributed by atoms with Crippen LogP contribution in [-0.4, -0.2) is 77.2 Å². The quantitative estimate of drug-likeness (QED) is 0.599. The van der Waals surface area contributed by atoms with E-state index in [0.29, 0.717) is 26.1 Å². The van der Waals surface area contributed by atoms with Crippen molar-refractivity contribution in [3.05, 3.63) is 54.4 Å². The number of carbonyl (C=O) groups is 2. The predicted molar refractivity (Wildman–Crippen MR) is 122 cm³/mol. The van der Waals surface area contributed by atoms with Crippen LogP contribution in [0.1, 0.15) is 17.8 Å². The van der Waals surface area contributed by atoms with E-state index in [1.165, 1.54) is 0 Å². The third-order valence-electron chi connectivity index (χ3n) is 5.49. The summed E-state index contributed by atoms with van der Waals surface area (Å²) in [7, 11) is 0. The molecule has 1 aromatic heterocycles. The van der Waals surface area contributed by atoms with Crippen molar-refractivity contribution in [1.29, 1.82) is 0 Å².